The molecule has 32 heavy (non-hydrogen) atoms. The van der Waals surface area contributed by atoms with Gasteiger partial charge >= 0.3 is 0 Å². The van der Waals surface area contributed by atoms with Crippen molar-refractivity contribution in [2.24, 2.45) is 0 Å². The molecular weight excluding hydrogens is 432 g/mol. The lowest BCUT2D eigenvalue weighted by Gasteiger charge is -2.18. The summed E-state index contributed by atoms with van der Waals surface area (Å²) >= 11 is 0. The molecule has 0 saturated carbocycles. The molecule has 2 amide bonds. The first-order chi connectivity index (χ1) is 15.3. The van der Waals surface area contributed by atoms with E-state index >= 15 is 0 Å². The largest absolute Gasteiger partial charge is 0.356 e. The molecule has 1 aliphatic heterocycles. The van der Waals surface area contributed by atoms with E-state index in [-0.39, 0.29) is 17.3 Å². The standard InChI is InChI=1S/C22H22N4O5S/c1-26(14-22(28)24-17-7-5-15(6-8-17)20-11-12-23-31-20)32(29,30)18-9-10-19-16(13-18)3-2-4-21(27)25-19/h5-13H,2-4,14H2,1H3,(H,24,28)(H,25,27). The number of rotatable bonds is 6. The maximum Gasteiger partial charge on any atom is 0.243 e. The van der Waals surface area contributed by atoms with E-state index in [1.165, 1.54) is 13.1 Å². The van der Waals surface area contributed by atoms with Crippen LogP contribution in [-0.2, 0) is 26.0 Å². The Hall–Kier alpha value is -3.50. The normalized spacial score (nSPS) is 13.9. The van der Waals surface area contributed by atoms with Gasteiger partial charge in [0.05, 0.1) is 17.6 Å². The van der Waals surface area contributed by atoms with Crippen molar-refractivity contribution in [3.8, 4) is 11.3 Å². The van der Waals surface area contributed by atoms with Crippen LogP contribution in [0.2, 0.25) is 0 Å². The van der Waals surface area contributed by atoms with Crippen molar-refractivity contribution in [3.05, 3.63) is 60.3 Å². The number of hydrogen-bond donors (Lipinski definition) is 2. The van der Waals surface area contributed by atoms with Crippen LogP contribution in [0.5, 0.6) is 0 Å². The fourth-order valence-electron chi connectivity index (χ4n) is 3.46. The van der Waals surface area contributed by atoms with Crippen LogP contribution in [0, 0.1) is 0 Å². The molecule has 2 aromatic carbocycles. The minimum Gasteiger partial charge on any atom is -0.356 e. The van der Waals surface area contributed by atoms with Crippen molar-refractivity contribution >= 4 is 33.2 Å². The average molecular weight is 455 g/mol. The number of sulfonamides is 1. The van der Waals surface area contributed by atoms with Crippen LogP contribution in [0.3, 0.4) is 0 Å². The number of benzene rings is 2. The van der Waals surface area contributed by atoms with Crippen molar-refractivity contribution in [2.75, 3.05) is 24.2 Å². The number of nitrogens with zero attached hydrogens (tertiary/aromatic N) is 2. The third kappa shape index (κ3) is 4.71. The Bertz CT molecular complexity index is 1240. The zero-order valence-electron chi connectivity index (χ0n) is 17.4. The van der Waals surface area contributed by atoms with E-state index in [0.29, 0.717) is 36.4 Å². The van der Waals surface area contributed by atoms with Gasteiger partial charge in [0.1, 0.15) is 0 Å². The minimum atomic E-state index is -3.88. The Morgan fingerprint density at radius 2 is 1.94 bits per heavy atom. The fourth-order valence-corrected chi connectivity index (χ4v) is 4.64. The molecule has 0 spiro atoms. The van der Waals surface area contributed by atoms with E-state index < -0.39 is 15.9 Å². The number of carbonyl (C=O) groups excluding carboxylic acids is 2. The zero-order valence-corrected chi connectivity index (χ0v) is 18.2. The molecule has 1 aromatic heterocycles. The molecule has 0 radical (unpaired) electrons. The first kappa shape index (κ1) is 21.7. The molecule has 0 saturated heterocycles. The minimum absolute atomic E-state index is 0.0815. The Labute approximate surface area is 185 Å². The van der Waals surface area contributed by atoms with Crippen LogP contribution >= 0.6 is 0 Å². The van der Waals surface area contributed by atoms with Gasteiger partial charge in [-0.15, -0.1) is 0 Å². The molecule has 2 N–H and O–H groups in total. The van der Waals surface area contributed by atoms with Crippen LogP contribution in [0.25, 0.3) is 11.3 Å². The fraction of sp³-hybridized carbons (Fsp3) is 0.227. The van der Waals surface area contributed by atoms with Crippen LogP contribution in [-0.4, -0.2) is 43.3 Å². The van der Waals surface area contributed by atoms with E-state index in [9.17, 15) is 18.0 Å². The summed E-state index contributed by atoms with van der Waals surface area (Å²) in [6, 6.07) is 13.3. The summed E-state index contributed by atoms with van der Waals surface area (Å²) in [5.41, 5.74) is 2.73. The summed E-state index contributed by atoms with van der Waals surface area (Å²) in [5, 5.41) is 9.13. The molecule has 0 atom stereocenters. The number of fused-ring (bicyclic) bond motifs is 1. The molecule has 2 heterocycles. The maximum absolute atomic E-state index is 13.0. The smallest absolute Gasteiger partial charge is 0.243 e. The van der Waals surface area contributed by atoms with Crippen LogP contribution in [0.15, 0.2) is 64.1 Å². The predicted octanol–water partition coefficient (Wildman–Crippen LogP) is 2.88. The predicted molar refractivity (Wildman–Crippen MR) is 118 cm³/mol. The highest BCUT2D eigenvalue weighted by Crippen LogP contribution is 2.26. The van der Waals surface area contributed by atoms with Gasteiger partial charge in [-0.25, -0.2) is 8.42 Å². The van der Waals surface area contributed by atoms with Crippen LogP contribution < -0.4 is 10.6 Å². The first-order valence-corrected chi connectivity index (χ1v) is 11.5. The monoisotopic (exact) mass is 454 g/mol. The topological polar surface area (TPSA) is 122 Å². The molecule has 166 valence electrons. The van der Waals surface area contributed by atoms with E-state index in [1.54, 1.807) is 48.7 Å². The van der Waals surface area contributed by atoms with Gasteiger partial charge in [0, 0.05) is 36.5 Å². The van der Waals surface area contributed by atoms with Gasteiger partial charge in [0.2, 0.25) is 21.8 Å². The van der Waals surface area contributed by atoms with Gasteiger partial charge in [0.15, 0.2) is 5.76 Å². The molecule has 0 bridgehead atoms. The third-order valence-corrected chi connectivity index (χ3v) is 6.97. The Balaban J connectivity index is 1.42. The van der Waals surface area contributed by atoms with Crippen molar-refractivity contribution < 1.29 is 22.5 Å². The number of aromatic nitrogens is 1. The van der Waals surface area contributed by atoms with Crippen molar-refractivity contribution in [2.45, 2.75) is 24.2 Å². The van der Waals surface area contributed by atoms with Gasteiger partial charge in [-0.1, -0.05) is 5.16 Å². The highest BCUT2D eigenvalue weighted by atomic mass is 32.2. The maximum atomic E-state index is 13.0. The Morgan fingerprint density at radius 1 is 1.16 bits per heavy atom. The quantitative estimate of drug-likeness (QED) is 0.591. The van der Waals surface area contributed by atoms with Crippen molar-refractivity contribution in [3.63, 3.8) is 0 Å². The third-order valence-electron chi connectivity index (χ3n) is 5.17. The van der Waals surface area contributed by atoms with Crippen LogP contribution in [0.4, 0.5) is 11.4 Å². The molecular formula is C22H22N4O5S. The second-order valence-electron chi connectivity index (χ2n) is 7.48. The van der Waals surface area contributed by atoms with E-state index in [0.717, 1.165) is 15.4 Å². The van der Waals surface area contributed by atoms with Gasteiger partial charge in [0.25, 0.3) is 0 Å². The van der Waals surface area contributed by atoms with Gasteiger partial charge < -0.3 is 15.2 Å². The number of nitrogens with one attached hydrogen (secondary N) is 2. The SMILES string of the molecule is CN(CC(=O)Nc1ccc(-c2ccno2)cc1)S(=O)(=O)c1ccc2c(c1)CCCC(=O)N2. The van der Waals surface area contributed by atoms with Crippen LogP contribution in [0.1, 0.15) is 18.4 Å². The molecule has 0 unspecified atom stereocenters. The Morgan fingerprint density at radius 3 is 2.66 bits per heavy atom. The lowest BCUT2D eigenvalue weighted by Crippen LogP contribution is -2.35. The van der Waals surface area contributed by atoms with Gasteiger partial charge in [-0.2, -0.15) is 4.31 Å². The number of aryl methyl sites for hydroxylation is 1. The summed E-state index contributed by atoms with van der Waals surface area (Å²) in [4.78, 5) is 24.2. The summed E-state index contributed by atoms with van der Waals surface area (Å²) < 4.78 is 32.0. The second kappa shape index (κ2) is 8.93. The number of amides is 2. The number of hydrogen-bond acceptors (Lipinski definition) is 6. The molecule has 4 rings (SSSR count). The van der Waals surface area contributed by atoms with E-state index in [4.69, 9.17) is 4.52 Å². The summed E-state index contributed by atoms with van der Waals surface area (Å²) in [7, 11) is -2.52. The lowest BCUT2D eigenvalue weighted by molar-refractivity contribution is -0.117. The highest BCUT2D eigenvalue weighted by Gasteiger charge is 2.25. The summed E-state index contributed by atoms with van der Waals surface area (Å²) in [6.45, 7) is -0.347. The first-order valence-electron chi connectivity index (χ1n) is 10.0. The summed E-state index contributed by atoms with van der Waals surface area (Å²) in [6.07, 6.45) is 3.19. The van der Waals surface area contributed by atoms with Gasteiger partial charge in [-0.3, -0.25) is 9.59 Å². The molecule has 0 aliphatic carbocycles. The van der Waals surface area contributed by atoms with Crippen molar-refractivity contribution in [1.29, 1.82) is 0 Å². The molecule has 3 aromatic rings. The van der Waals surface area contributed by atoms with Gasteiger partial charge in [-0.05, 0) is 60.9 Å². The molecule has 0 fully saturated rings. The van der Waals surface area contributed by atoms with E-state index in [1.807, 2.05) is 0 Å². The Kier molecular flexibility index (Phi) is 6.06. The average Bonchev–Trinajstić information content (AvgIpc) is 3.23. The highest BCUT2D eigenvalue weighted by molar-refractivity contribution is 7.89. The molecule has 9 nitrogen and oxygen atoms in total. The lowest BCUT2D eigenvalue weighted by atomic mass is 10.1. The molecule has 10 heteroatoms. The van der Waals surface area contributed by atoms with E-state index in [2.05, 4.69) is 15.8 Å². The summed E-state index contributed by atoms with van der Waals surface area (Å²) in [5.74, 6) is 0.0570. The number of likely N-dealkylation sites (N-methyl/N-ethyl adjacent to an activating group) is 1. The molecule has 1 aliphatic rings. The zero-order chi connectivity index (χ0) is 22.7. The number of anilines is 2. The number of carbonyl (C=O) groups is 2. The second-order valence-corrected chi connectivity index (χ2v) is 9.53. The van der Waals surface area contributed by atoms with Crippen molar-refractivity contribution in [1.82, 2.24) is 9.46 Å².